The first-order chi connectivity index (χ1) is 12.9. The molecule has 0 unspecified atom stereocenters. The number of rotatable bonds is 1. The summed E-state index contributed by atoms with van der Waals surface area (Å²) in [6, 6.07) is 15.7. The Bertz CT molecular complexity index is 1180. The fraction of sp³-hybridized carbons (Fsp3) is 0.400. The maximum absolute atomic E-state index is 2.61. The van der Waals surface area contributed by atoms with Gasteiger partial charge in [0.1, 0.15) is 22.9 Å². The molecule has 2 heteroatoms. The van der Waals surface area contributed by atoms with Crippen LogP contribution in [0, 0.1) is 0 Å². The van der Waals surface area contributed by atoms with Crippen LogP contribution in [0.1, 0.15) is 59.7 Å². The summed E-state index contributed by atoms with van der Waals surface area (Å²) in [5, 5.41) is 4.14. The van der Waals surface area contributed by atoms with Crippen LogP contribution in [0.2, 0.25) is 0 Å². The molecular weight excluding hydrogens is 328 g/mol. The van der Waals surface area contributed by atoms with Crippen LogP contribution in [0.4, 0.5) is 0 Å². The standard InChI is InChI=1S/C23H25N2.C2H6/c1-6-15-14-24-19-13-8-7-10-16(19)17-11-9-12-18-20(17)21(24)25(15)23(4,5)22(18,2)3;1-2/h7-14H,6H2,1-5H3;1-2H3/q+1;. The Morgan fingerprint density at radius 3 is 2.26 bits per heavy atom. The van der Waals surface area contributed by atoms with Gasteiger partial charge in [-0.1, -0.05) is 71.0 Å². The Hall–Kier alpha value is -2.35. The van der Waals surface area contributed by atoms with Crippen LogP contribution in [0.3, 0.4) is 0 Å². The Kier molecular flexibility index (Phi) is 3.89. The van der Waals surface area contributed by atoms with Crippen LogP contribution in [0.25, 0.3) is 27.3 Å². The molecule has 140 valence electrons. The number of aryl methyl sites for hydroxylation is 1. The maximum Gasteiger partial charge on any atom is 0.295 e. The highest BCUT2D eigenvalue weighted by Gasteiger charge is 2.51. The van der Waals surface area contributed by atoms with Gasteiger partial charge in [0, 0.05) is 22.6 Å². The quantitative estimate of drug-likeness (QED) is 0.285. The van der Waals surface area contributed by atoms with Crippen molar-refractivity contribution in [3.63, 3.8) is 0 Å². The van der Waals surface area contributed by atoms with E-state index in [0.29, 0.717) is 0 Å². The Balaban J connectivity index is 0.000000872. The van der Waals surface area contributed by atoms with Gasteiger partial charge < -0.3 is 0 Å². The van der Waals surface area contributed by atoms with Gasteiger partial charge in [0.2, 0.25) is 0 Å². The minimum Gasteiger partial charge on any atom is -0.221 e. The number of hydrogen-bond donors (Lipinski definition) is 0. The van der Waals surface area contributed by atoms with Gasteiger partial charge in [-0.05, 0) is 25.5 Å². The number of nitrogens with zero attached hydrogens (tertiary/aromatic N) is 2. The van der Waals surface area contributed by atoms with Crippen LogP contribution in [-0.2, 0) is 17.4 Å². The van der Waals surface area contributed by atoms with Crippen molar-refractivity contribution in [1.82, 2.24) is 4.57 Å². The largest absolute Gasteiger partial charge is 0.295 e. The normalized spacial score (nSPS) is 16.7. The smallest absolute Gasteiger partial charge is 0.221 e. The van der Waals surface area contributed by atoms with Crippen molar-refractivity contribution in [3.05, 3.63) is 59.9 Å². The summed E-state index contributed by atoms with van der Waals surface area (Å²) < 4.78 is 5.03. The van der Waals surface area contributed by atoms with E-state index in [2.05, 4.69) is 92.2 Å². The molecule has 0 N–H and O–H groups in total. The molecule has 0 atom stereocenters. The van der Waals surface area contributed by atoms with E-state index in [4.69, 9.17) is 0 Å². The van der Waals surface area contributed by atoms with E-state index >= 15 is 0 Å². The van der Waals surface area contributed by atoms with Crippen molar-refractivity contribution < 1.29 is 4.40 Å². The monoisotopic (exact) mass is 359 g/mol. The number of fused-ring (bicyclic) bond motifs is 3. The zero-order valence-corrected chi connectivity index (χ0v) is 17.7. The summed E-state index contributed by atoms with van der Waals surface area (Å²) in [4.78, 5) is 0. The lowest BCUT2D eigenvalue weighted by Crippen LogP contribution is -2.49. The lowest BCUT2D eigenvalue weighted by atomic mass is 9.66. The second-order valence-electron chi connectivity index (χ2n) is 8.43. The molecule has 0 aliphatic carbocycles. The van der Waals surface area contributed by atoms with Gasteiger partial charge in [-0.2, -0.15) is 4.40 Å². The number of imidazole rings is 1. The summed E-state index contributed by atoms with van der Waals surface area (Å²) in [6.45, 7) is 15.8. The lowest BCUT2D eigenvalue weighted by Gasteiger charge is -2.43. The van der Waals surface area contributed by atoms with E-state index in [1.54, 1.807) is 0 Å². The highest BCUT2D eigenvalue weighted by Crippen LogP contribution is 2.49. The Labute approximate surface area is 162 Å². The highest BCUT2D eigenvalue weighted by molar-refractivity contribution is 6.11. The van der Waals surface area contributed by atoms with Gasteiger partial charge in [0.15, 0.2) is 0 Å². The average molecular weight is 360 g/mol. The van der Waals surface area contributed by atoms with E-state index < -0.39 is 0 Å². The zero-order chi connectivity index (χ0) is 19.6. The first-order valence-corrected chi connectivity index (χ1v) is 10.3. The van der Waals surface area contributed by atoms with Crippen molar-refractivity contribution in [2.45, 2.75) is 65.8 Å². The molecule has 2 aromatic heterocycles. The maximum atomic E-state index is 2.61. The van der Waals surface area contributed by atoms with Gasteiger partial charge in [0.25, 0.3) is 5.65 Å². The number of benzene rings is 2. The summed E-state index contributed by atoms with van der Waals surface area (Å²) >= 11 is 0. The third kappa shape index (κ3) is 2.04. The van der Waals surface area contributed by atoms with Crippen molar-refractivity contribution >= 4 is 27.3 Å². The molecule has 0 amide bonds. The van der Waals surface area contributed by atoms with E-state index in [1.807, 2.05) is 13.8 Å². The zero-order valence-electron chi connectivity index (χ0n) is 17.7. The molecule has 2 aromatic carbocycles. The summed E-state index contributed by atoms with van der Waals surface area (Å²) in [7, 11) is 0. The van der Waals surface area contributed by atoms with Gasteiger partial charge >= 0.3 is 0 Å². The molecular formula is C25H31N2+. The minimum atomic E-state index is 0.0107. The molecule has 0 bridgehead atoms. The average Bonchev–Trinajstić information content (AvgIpc) is 3.09. The van der Waals surface area contributed by atoms with E-state index in [1.165, 1.54) is 38.6 Å². The third-order valence-electron chi connectivity index (χ3n) is 6.87. The number of aromatic nitrogens is 2. The second-order valence-corrected chi connectivity index (χ2v) is 8.43. The summed E-state index contributed by atoms with van der Waals surface area (Å²) in [6.07, 6.45) is 3.40. The second kappa shape index (κ2) is 5.82. The molecule has 0 spiro atoms. The number of para-hydroxylation sites is 1. The number of hydrogen-bond acceptors (Lipinski definition) is 0. The molecule has 2 nitrogen and oxygen atoms in total. The predicted octanol–water partition coefficient (Wildman–Crippen LogP) is 6.15. The summed E-state index contributed by atoms with van der Waals surface area (Å²) in [5.41, 5.74) is 5.59. The van der Waals surface area contributed by atoms with Crippen LogP contribution >= 0.6 is 0 Å². The van der Waals surface area contributed by atoms with Crippen molar-refractivity contribution in [2.24, 2.45) is 0 Å². The molecule has 27 heavy (non-hydrogen) atoms. The van der Waals surface area contributed by atoms with Crippen LogP contribution in [0.5, 0.6) is 0 Å². The van der Waals surface area contributed by atoms with Gasteiger partial charge in [-0.25, -0.2) is 4.57 Å². The first kappa shape index (κ1) is 18.0. The fourth-order valence-electron chi connectivity index (χ4n) is 4.86. The van der Waals surface area contributed by atoms with Crippen LogP contribution < -0.4 is 4.40 Å². The molecule has 1 aliphatic rings. The topological polar surface area (TPSA) is 9.03 Å². The molecule has 5 rings (SSSR count). The predicted molar refractivity (Wildman–Crippen MR) is 116 cm³/mol. The van der Waals surface area contributed by atoms with Crippen molar-refractivity contribution in [2.75, 3.05) is 0 Å². The SMILES string of the molecule is CC.CCc1c[n+]2c3ccccc3c3cccc4c3c2n1C(C)(C)C4(C)C. The molecule has 0 saturated carbocycles. The van der Waals surface area contributed by atoms with E-state index in [0.717, 1.165) is 6.42 Å². The molecule has 0 saturated heterocycles. The van der Waals surface area contributed by atoms with Crippen molar-refractivity contribution in [1.29, 1.82) is 0 Å². The van der Waals surface area contributed by atoms with Gasteiger partial charge in [0.05, 0.1) is 5.39 Å². The fourth-order valence-corrected chi connectivity index (χ4v) is 4.86. The van der Waals surface area contributed by atoms with Crippen molar-refractivity contribution in [3.8, 4) is 0 Å². The number of pyridine rings is 1. The molecule has 4 aromatic rings. The highest BCUT2D eigenvalue weighted by atomic mass is 15.2. The minimum absolute atomic E-state index is 0.0107. The van der Waals surface area contributed by atoms with E-state index in [9.17, 15) is 0 Å². The molecule has 0 fully saturated rings. The van der Waals surface area contributed by atoms with Crippen LogP contribution in [0.15, 0.2) is 48.7 Å². The van der Waals surface area contributed by atoms with Crippen LogP contribution in [-0.4, -0.2) is 4.57 Å². The van der Waals surface area contributed by atoms with Gasteiger partial charge in [-0.3, -0.25) is 0 Å². The first-order valence-electron chi connectivity index (χ1n) is 10.3. The summed E-state index contributed by atoms with van der Waals surface area (Å²) in [5.74, 6) is 0. The molecule has 1 aliphatic heterocycles. The molecule has 3 heterocycles. The Morgan fingerprint density at radius 2 is 1.56 bits per heavy atom. The van der Waals surface area contributed by atoms with Gasteiger partial charge in [-0.15, -0.1) is 0 Å². The third-order valence-corrected chi connectivity index (χ3v) is 6.87. The van der Waals surface area contributed by atoms with E-state index in [-0.39, 0.29) is 11.0 Å². The molecule has 0 radical (unpaired) electrons. The lowest BCUT2D eigenvalue weighted by molar-refractivity contribution is -0.480. The Morgan fingerprint density at radius 1 is 0.889 bits per heavy atom.